The fraction of sp³-hybridized carbons (Fsp3) is 0.478. The molecule has 0 aliphatic carbocycles. The maximum absolute atomic E-state index is 13.6. The smallest absolute Gasteiger partial charge is 0.262 e. The van der Waals surface area contributed by atoms with Crippen molar-refractivity contribution in [3.05, 3.63) is 87.9 Å². The number of carbonyl (C=O) groups is 5. The van der Waals surface area contributed by atoms with E-state index in [0.29, 0.717) is 33.2 Å². The molecule has 0 aromatic heterocycles. The van der Waals surface area contributed by atoms with E-state index in [4.69, 9.17) is 11.6 Å². The molecular formula is C46H49ClN8O5. The van der Waals surface area contributed by atoms with Gasteiger partial charge in [0.2, 0.25) is 11.8 Å². The Hall–Kier alpha value is -5.45. The second kappa shape index (κ2) is 14.9. The molecule has 310 valence electrons. The Morgan fingerprint density at radius 2 is 1.28 bits per heavy atom. The first kappa shape index (κ1) is 38.7. The van der Waals surface area contributed by atoms with Crippen LogP contribution in [0.25, 0.3) is 0 Å². The summed E-state index contributed by atoms with van der Waals surface area (Å²) in [7, 11) is 0. The standard InChI is InChI=1S/C46H49ClN8O5/c47-38-24-34(6-3-31(38)25-48)53-22-16-46(29-53)13-19-51(20-14-46)42(58)30-1-4-32(5-2-30)52-21-15-45(28-52)11-17-50(18-12-45)35-26-54(27-35)33-7-8-36-37(23-33)44(60)55(43(36)59)39-9-10-40(56)49-41(39)57/h1-8,23-24,35,39H,9-22,26-29H2,(H,49,56,57). The Labute approximate surface area is 354 Å². The predicted octanol–water partition coefficient (Wildman–Crippen LogP) is 4.93. The van der Waals surface area contributed by atoms with Crippen LogP contribution in [0.5, 0.6) is 0 Å². The van der Waals surface area contributed by atoms with Crippen molar-refractivity contribution in [1.82, 2.24) is 20.0 Å². The first-order valence-corrected chi connectivity index (χ1v) is 21.8. The Kier molecular flexibility index (Phi) is 9.63. The molecule has 7 aliphatic heterocycles. The highest BCUT2D eigenvalue weighted by Crippen LogP contribution is 2.45. The van der Waals surface area contributed by atoms with Gasteiger partial charge >= 0.3 is 0 Å². The highest BCUT2D eigenvalue weighted by molar-refractivity contribution is 6.32. The summed E-state index contributed by atoms with van der Waals surface area (Å²) < 4.78 is 0. The molecule has 1 N–H and O–H groups in total. The summed E-state index contributed by atoms with van der Waals surface area (Å²) in [5, 5.41) is 12.0. The summed E-state index contributed by atoms with van der Waals surface area (Å²) in [6.07, 6.45) is 6.77. The molecule has 6 fully saturated rings. The van der Waals surface area contributed by atoms with Gasteiger partial charge in [0.15, 0.2) is 0 Å². The number of imide groups is 2. The van der Waals surface area contributed by atoms with E-state index < -0.39 is 23.8 Å². The molecule has 13 nitrogen and oxygen atoms in total. The molecule has 0 bridgehead atoms. The molecule has 0 radical (unpaired) electrons. The van der Waals surface area contributed by atoms with Crippen molar-refractivity contribution < 1.29 is 24.0 Å². The quantitative estimate of drug-likeness (QED) is 0.341. The van der Waals surface area contributed by atoms with Crippen LogP contribution in [0.15, 0.2) is 60.7 Å². The number of piperidine rings is 3. The van der Waals surface area contributed by atoms with Gasteiger partial charge in [-0.1, -0.05) is 11.6 Å². The lowest BCUT2D eigenvalue weighted by Crippen LogP contribution is -2.61. The molecule has 14 heteroatoms. The summed E-state index contributed by atoms with van der Waals surface area (Å²) in [6.45, 7) is 9.29. The van der Waals surface area contributed by atoms with Gasteiger partial charge in [-0.25, -0.2) is 0 Å². The second-order valence-corrected chi connectivity index (χ2v) is 18.6. The van der Waals surface area contributed by atoms with Gasteiger partial charge in [0.25, 0.3) is 17.7 Å². The van der Waals surface area contributed by atoms with E-state index in [1.165, 1.54) is 12.1 Å². The van der Waals surface area contributed by atoms with Crippen LogP contribution in [-0.4, -0.2) is 122 Å². The van der Waals surface area contributed by atoms with Gasteiger partial charge in [0.1, 0.15) is 12.1 Å². The Morgan fingerprint density at radius 3 is 1.93 bits per heavy atom. The van der Waals surface area contributed by atoms with Crippen LogP contribution in [0, 0.1) is 22.2 Å². The van der Waals surface area contributed by atoms with E-state index in [9.17, 15) is 29.2 Å². The van der Waals surface area contributed by atoms with Crippen LogP contribution in [0.4, 0.5) is 17.1 Å². The number of benzene rings is 3. The van der Waals surface area contributed by atoms with Crippen LogP contribution >= 0.6 is 11.6 Å². The number of halogens is 1. The van der Waals surface area contributed by atoms with Crippen LogP contribution in [0.3, 0.4) is 0 Å². The lowest BCUT2D eigenvalue weighted by molar-refractivity contribution is -0.136. The maximum Gasteiger partial charge on any atom is 0.262 e. The highest BCUT2D eigenvalue weighted by Gasteiger charge is 2.47. The fourth-order valence-electron chi connectivity index (χ4n) is 11.0. The molecule has 5 amide bonds. The Bertz CT molecular complexity index is 2320. The molecule has 60 heavy (non-hydrogen) atoms. The lowest BCUT2D eigenvalue weighted by Gasteiger charge is -2.50. The molecule has 0 saturated carbocycles. The maximum atomic E-state index is 13.6. The van der Waals surface area contributed by atoms with Gasteiger partial charge < -0.3 is 19.6 Å². The zero-order valence-electron chi connectivity index (χ0n) is 33.7. The van der Waals surface area contributed by atoms with Gasteiger partial charge in [0.05, 0.1) is 21.7 Å². The third-order valence-corrected chi connectivity index (χ3v) is 15.2. The molecule has 6 saturated heterocycles. The van der Waals surface area contributed by atoms with E-state index in [-0.39, 0.29) is 30.1 Å². The van der Waals surface area contributed by atoms with Gasteiger partial charge in [0, 0.05) is 87.4 Å². The summed E-state index contributed by atoms with van der Waals surface area (Å²) in [4.78, 5) is 77.0. The zero-order valence-corrected chi connectivity index (χ0v) is 34.5. The van der Waals surface area contributed by atoms with E-state index >= 15 is 0 Å². The molecule has 1 atom stereocenters. The number of amides is 5. The minimum atomic E-state index is -0.966. The van der Waals surface area contributed by atoms with Gasteiger partial charge in [-0.2, -0.15) is 5.26 Å². The third kappa shape index (κ3) is 6.78. The molecule has 7 heterocycles. The normalized spacial score (nSPS) is 24.0. The Morgan fingerprint density at radius 1 is 0.700 bits per heavy atom. The number of hydrogen-bond acceptors (Lipinski definition) is 10. The highest BCUT2D eigenvalue weighted by atomic mass is 35.5. The molecular weight excluding hydrogens is 780 g/mol. The van der Waals surface area contributed by atoms with Crippen LogP contribution in [0.2, 0.25) is 5.02 Å². The van der Waals surface area contributed by atoms with Gasteiger partial charge in [-0.05, 0) is 130 Å². The fourth-order valence-corrected chi connectivity index (χ4v) is 11.2. The lowest BCUT2D eigenvalue weighted by atomic mass is 9.77. The van der Waals surface area contributed by atoms with E-state index in [1.54, 1.807) is 18.2 Å². The van der Waals surface area contributed by atoms with Crippen molar-refractivity contribution in [3.63, 3.8) is 0 Å². The van der Waals surface area contributed by atoms with Crippen LogP contribution in [-0.2, 0) is 9.59 Å². The minimum absolute atomic E-state index is 0.0975. The average molecular weight is 829 g/mol. The number of nitrogens with zero attached hydrogens (tertiary/aromatic N) is 7. The third-order valence-electron chi connectivity index (χ3n) is 14.9. The van der Waals surface area contributed by atoms with Crippen molar-refractivity contribution in [1.29, 1.82) is 5.26 Å². The first-order chi connectivity index (χ1) is 29.0. The zero-order chi connectivity index (χ0) is 41.3. The summed E-state index contributed by atoms with van der Waals surface area (Å²) in [5.74, 6) is -1.83. The molecule has 7 aliphatic rings. The van der Waals surface area contributed by atoms with E-state index in [1.807, 2.05) is 35.2 Å². The molecule has 2 spiro atoms. The van der Waals surface area contributed by atoms with Crippen LogP contribution < -0.4 is 20.0 Å². The number of carbonyl (C=O) groups excluding carboxylic acids is 5. The van der Waals surface area contributed by atoms with Gasteiger partial charge in [-0.15, -0.1) is 0 Å². The first-order valence-electron chi connectivity index (χ1n) is 21.4. The monoisotopic (exact) mass is 828 g/mol. The van der Waals surface area contributed by atoms with Crippen molar-refractivity contribution in [3.8, 4) is 6.07 Å². The number of anilines is 3. The van der Waals surface area contributed by atoms with Crippen molar-refractivity contribution >= 4 is 58.2 Å². The minimum Gasteiger partial charge on any atom is -0.371 e. The van der Waals surface area contributed by atoms with Crippen molar-refractivity contribution in [2.45, 2.75) is 63.5 Å². The largest absolute Gasteiger partial charge is 0.371 e. The Balaban J connectivity index is 0.683. The molecule has 3 aromatic carbocycles. The van der Waals surface area contributed by atoms with Crippen molar-refractivity contribution in [2.75, 3.05) is 80.1 Å². The number of rotatable bonds is 6. The topological polar surface area (TPSA) is 141 Å². The predicted molar refractivity (Wildman–Crippen MR) is 226 cm³/mol. The number of likely N-dealkylation sites (tertiary alicyclic amines) is 2. The molecule has 1 unspecified atom stereocenters. The number of fused-ring (bicyclic) bond motifs is 1. The number of nitrogens with one attached hydrogen (secondary N) is 1. The molecule has 3 aromatic rings. The SMILES string of the molecule is N#Cc1ccc(N2CCC3(CCN(C(=O)c4ccc(N5CCC6(CCN(C7CN(c8ccc9c(c8)C(=O)N(C8CCC(=O)NC8=O)C9=O)C7)CC6)C5)cc4)CC3)C2)cc1Cl. The van der Waals surface area contributed by atoms with Gasteiger partial charge in [-0.3, -0.25) is 39.1 Å². The summed E-state index contributed by atoms with van der Waals surface area (Å²) in [6, 6.07) is 20.9. The van der Waals surface area contributed by atoms with Crippen LogP contribution in [0.1, 0.15) is 88.0 Å². The number of nitriles is 1. The summed E-state index contributed by atoms with van der Waals surface area (Å²) in [5.41, 5.74) is 5.50. The van der Waals surface area contributed by atoms with E-state index in [0.717, 1.165) is 119 Å². The van der Waals surface area contributed by atoms with E-state index in [2.05, 4.69) is 43.1 Å². The summed E-state index contributed by atoms with van der Waals surface area (Å²) >= 11 is 6.33. The molecule has 10 rings (SSSR count). The van der Waals surface area contributed by atoms with Crippen molar-refractivity contribution in [2.24, 2.45) is 10.8 Å². The average Bonchev–Trinajstić information content (AvgIpc) is 3.92. The number of hydrogen-bond donors (Lipinski definition) is 1. The second-order valence-electron chi connectivity index (χ2n) is 18.2.